The van der Waals surface area contributed by atoms with E-state index < -0.39 is 0 Å². The number of hydrogen-bond acceptors (Lipinski definition) is 1. The highest BCUT2D eigenvalue weighted by atomic mass is 16.1. The average molecular weight is 220 g/mol. The first-order valence-corrected chi connectivity index (χ1v) is 6.45. The lowest BCUT2D eigenvalue weighted by molar-refractivity contribution is -0.125. The maximum absolute atomic E-state index is 11.6. The van der Waals surface area contributed by atoms with Crippen molar-refractivity contribution in [3.05, 3.63) is 11.6 Å². The van der Waals surface area contributed by atoms with Gasteiger partial charge in [-0.3, -0.25) is 4.79 Å². The molecule has 3 rings (SSSR count). The van der Waals surface area contributed by atoms with Crippen molar-refractivity contribution in [2.75, 3.05) is 0 Å². The first-order valence-electron chi connectivity index (χ1n) is 6.45. The van der Waals surface area contributed by atoms with E-state index in [2.05, 4.69) is 33.8 Å². The summed E-state index contributed by atoms with van der Waals surface area (Å²) in [6.45, 7) is 10.7. The molecule has 0 N–H and O–H groups in total. The molecule has 3 aliphatic carbocycles. The minimum atomic E-state index is -0.176. The van der Waals surface area contributed by atoms with Gasteiger partial charge in [0.05, 0.1) is 0 Å². The Morgan fingerprint density at radius 1 is 1.50 bits per heavy atom. The maximum Gasteiger partial charge on any atom is 0.135 e. The molecule has 0 saturated heterocycles. The zero-order valence-corrected chi connectivity index (χ0v) is 11.3. The first-order chi connectivity index (χ1) is 7.25. The predicted octanol–water partition coefficient (Wildman–Crippen LogP) is 3.98. The number of ketones is 1. The second-order valence-corrected chi connectivity index (χ2v) is 6.94. The Kier molecular flexibility index (Phi) is 2.56. The Morgan fingerprint density at radius 3 is 2.56 bits per heavy atom. The minimum absolute atomic E-state index is 0.176. The molecule has 0 spiro atoms. The molecule has 0 aromatic heterocycles. The van der Waals surface area contributed by atoms with Crippen LogP contribution >= 0.6 is 0 Å². The summed E-state index contributed by atoms with van der Waals surface area (Å²) >= 11 is 0. The molecular formula is C15H24O. The summed E-state index contributed by atoms with van der Waals surface area (Å²) in [6, 6.07) is 0. The van der Waals surface area contributed by atoms with Gasteiger partial charge in [0.25, 0.3) is 0 Å². The Hall–Kier alpha value is -0.590. The van der Waals surface area contributed by atoms with Gasteiger partial charge in [-0.1, -0.05) is 39.3 Å². The number of carbonyl (C=O) groups is 1. The van der Waals surface area contributed by atoms with Crippen LogP contribution in [0.5, 0.6) is 0 Å². The summed E-state index contributed by atoms with van der Waals surface area (Å²) in [6.07, 6.45) is 5.96. The lowest BCUT2D eigenvalue weighted by atomic mass is 9.48. The molecule has 0 aromatic carbocycles. The van der Waals surface area contributed by atoms with Gasteiger partial charge in [-0.2, -0.15) is 0 Å². The van der Waals surface area contributed by atoms with Crippen molar-refractivity contribution >= 4 is 5.78 Å². The van der Waals surface area contributed by atoms with Gasteiger partial charge < -0.3 is 0 Å². The van der Waals surface area contributed by atoms with Crippen molar-refractivity contribution < 1.29 is 4.79 Å². The van der Waals surface area contributed by atoms with Crippen molar-refractivity contribution in [1.29, 1.82) is 0 Å². The molecule has 1 saturated carbocycles. The van der Waals surface area contributed by atoms with E-state index in [1.54, 1.807) is 12.5 Å². The quantitative estimate of drug-likeness (QED) is 0.657. The number of Topliss-reactive ketones (excluding diaryl/α,β-unsaturated/α-hetero) is 1. The van der Waals surface area contributed by atoms with Gasteiger partial charge in [-0.15, -0.1) is 0 Å². The molecule has 2 bridgehead atoms. The van der Waals surface area contributed by atoms with Crippen molar-refractivity contribution in [2.24, 2.45) is 22.7 Å². The third-order valence-corrected chi connectivity index (χ3v) is 5.18. The van der Waals surface area contributed by atoms with Crippen molar-refractivity contribution in [3.63, 3.8) is 0 Å². The Balaban J connectivity index is 2.13. The first kappa shape index (κ1) is 11.9. The molecular weight excluding hydrogens is 196 g/mol. The molecule has 1 heteroatoms. The van der Waals surface area contributed by atoms with Gasteiger partial charge in [0.15, 0.2) is 0 Å². The summed E-state index contributed by atoms with van der Waals surface area (Å²) in [5, 5.41) is 0. The summed E-state index contributed by atoms with van der Waals surface area (Å²) in [5.41, 5.74) is 1.86. The summed E-state index contributed by atoms with van der Waals surface area (Å²) < 4.78 is 0. The molecule has 2 atom stereocenters. The molecule has 0 heterocycles. The molecule has 0 amide bonds. The van der Waals surface area contributed by atoms with Crippen LogP contribution in [0.15, 0.2) is 11.6 Å². The van der Waals surface area contributed by atoms with Crippen molar-refractivity contribution in [2.45, 2.75) is 53.9 Å². The largest absolute Gasteiger partial charge is 0.299 e. The van der Waals surface area contributed by atoms with E-state index in [9.17, 15) is 4.79 Å². The van der Waals surface area contributed by atoms with E-state index in [1.165, 1.54) is 12.8 Å². The van der Waals surface area contributed by atoms with Crippen LogP contribution in [0.4, 0.5) is 0 Å². The third kappa shape index (κ3) is 1.65. The van der Waals surface area contributed by atoms with Gasteiger partial charge >= 0.3 is 0 Å². The Morgan fingerprint density at radius 2 is 2.12 bits per heavy atom. The van der Waals surface area contributed by atoms with Gasteiger partial charge in [0.2, 0.25) is 0 Å². The van der Waals surface area contributed by atoms with Crippen LogP contribution in [0, 0.1) is 22.7 Å². The van der Waals surface area contributed by atoms with E-state index in [4.69, 9.17) is 0 Å². The molecule has 0 aliphatic heterocycles. The van der Waals surface area contributed by atoms with E-state index in [0.717, 1.165) is 18.3 Å². The molecule has 1 nitrogen and oxygen atoms in total. The molecule has 3 aliphatic rings. The van der Waals surface area contributed by atoms with Crippen LogP contribution in [0.2, 0.25) is 0 Å². The molecule has 0 aromatic rings. The fourth-order valence-corrected chi connectivity index (χ4v) is 3.31. The van der Waals surface area contributed by atoms with Gasteiger partial charge in [-0.05, 0) is 43.4 Å². The number of rotatable bonds is 3. The average Bonchev–Trinajstić information content (AvgIpc) is 2.16. The number of carbonyl (C=O) groups excluding carboxylic acids is 1. The Labute approximate surface area is 99.3 Å². The van der Waals surface area contributed by atoms with Crippen LogP contribution in [0.25, 0.3) is 0 Å². The molecule has 1 fully saturated rings. The fourth-order valence-electron chi connectivity index (χ4n) is 3.31. The number of fused-ring (bicyclic) bond motifs is 1. The molecule has 0 radical (unpaired) electrons. The zero-order chi connectivity index (χ0) is 12.1. The molecule has 16 heavy (non-hydrogen) atoms. The van der Waals surface area contributed by atoms with E-state index in [1.807, 2.05) is 0 Å². The lowest BCUT2D eigenvalue weighted by Gasteiger charge is -2.57. The normalized spacial score (nSPS) is 31.7. The van der Waals surface area contributed by atoms with Crippen LogP contribution in [0.1, 0.15) is 53.9 Å². The van der Waals surface area contributed by atoms with Crippen LogP contribution in [0.3, 0.4) is 0 Å². The summed E-state index contributed by atoms with van der Waals surface area (Å²) in [4.78, 5) is 11.6. The standard InChI is InChI=1S/C15H24O/c1-10(16)14(2,3)9-11-6-7-12-8-13(11)15(12,4)5/h6,12-13H,7-9H2,1-5H3/t12-,13-/m1/s1. The Bertz CT molecular complexity index is 346. The maximum atomic E-state index is 11.6. The highest BCUT2D eigenvalue weighted by Gasteiger charge is 2.51. The number of allylic oxidation sites excluding steroid dienone is 2. The summed E-state index contributed by atoms with van der Waals surface area (Å²) in [5.74, 6) is 1.94. The van der Waals surface area contributed by atoms with Crippen LogP contribution in [-0.2, 0) is 4.79 Å². The number of hydrogen-bond donors (Lipinski definition) is 0. The SMILES string of the molecule is CC(=O)C(C)(C)CC1=CC[C@@H]2C[C@H]1C2(C)C. The highest BCUT2D eigenvalue weighted by molar-refractivity contribution is 5.81. The smallest absolute Gasteiger partial charge is 0.135 e. The molecule has 90 valence electrons. The third-order valence-electron chi connectivity index (χ3n) is 5.18. The van der Waals surface area contributed by atoms with Crippen LogP contribution < -0.4 is 0 Å². The van der Waals surface area contributed by atoms with Crippen molar-refractivity contribution in [3.8, 4) is 0 Å². The van der Waals surface area contributed by atoms with Gasteiger partial charge in [0.1, 0.15) is 5.78 Å². The lowest BCUT2D eigenvalue weighted by Crippen LogP contribution is -2.48. The van der Waals surface area contributed by atoms with E-state index >= 15 is 0 Å². The topological polar surface area (TPSA) is 17.1 Å². The van der Waals surface area contributed by atoms with E-state index in [0.29, 0.717) is 11.2 Å². The second-order valence-electron chi connectivity index (χ2n) is 6.94. The minimum Gasteiger partial charge on any atom is -0.299 e. The predicted molar refractivity (Wildman–Crippen MR) is 67.2 cm³/mol. The molecule has 0 unspecified atom stereocenters. The fraction of sp³-hybridized carbons (Fsp3) is 0.800. The summed E-state index contributed by atoms with van der Waals surface area (Å²) in [7, 11) is 0. The van der Waals surface area contributed by atoms with Gasteiger partial charge in [0, 0.05) is 5.41 Å². The van der Waals surface area contributed by atoms with E-state index in [-0.39, 0.29) is 5.41 Å². The highest BCUT2D eigenvalue weighted by Crippen LogP contribution is 2.60. The van der Waals surface area contributed by atoms with Crippen LogP contribution in [-0.4, -0.2) is 5.78 Å². The van der Waals surface area contributed by atoms with Gasteiger partial charge in [-0.25, -0.2) is 0 Å². The zero-order valence-electron chi connectivity index (χ0n) is 11.3. The van der Waals surface area contributed by atoms with Crippen molar-refractivity contribution in [1.82, 2.24) is 0 Å². The second kappa shape index (κ2) is 3.45. The monoisotopic (exact) mass is 220 g/mol.